The molecule has 6 heteroatoms. The largest absolute Gasteiger partial charge is 0.465 e. The maximum absolute atomic E-state index is 12.2. The van der Waals surface area contributed by atoms with Crippen LogP contribution in [0.25, 0.3) is 11.1 Å². The Kier molecular flexibility index (Phi) is 11.9. The number of aliphatic hydroxyl groups is 1. The molecular formula is C35H46F2O4. The highest BCUT2D eigenvalue weighted by Gasteiger charge is 2.34. The third kappa shape index (κ3) is 9.21. The average Bonchev–Trinajstić information content (AvgIpc) is 2.99. The van der Waals surface area contributed by atoms with E-state index in [1.807, 2.05) is 26.0 Å². The highest BCUT2D eigenvalue weighted by atomic mass is 19.3. The maximum Gasteiger partial charge on any atom is 0.308 e. The number of aliphatic hydroxyl groups excluding tert-OH is 1. The topological polar surface area (TPSA) is 55.8 Å². The second-order valence-corrected chi connectivity index (χ2v) is 12.2. The van der Waals surface area contributed by atoms with Gasteiger partial charge in [0.25, 0.3) is 6.08 Å². The first-order chi connectivity index (χ1) is 19.8. The molecule has 0 spiro atoms. The van der Waals surface area contributed by atoms with Crippen molar-refractivity contribution >= 4 is 5.97 Å². The number of carbonyl (C=O) groups excluding carboxylic acids is 1. The minimum absolute atomic E-state index is 0.124. The van der Waals surface area contributed by atoms with E-state index in [1.54, 1.807) is 0 Å². The highest BCUT2D eigenvalue weighted by Crippen LogP contribution is 2.41. The van der Waals surface area contributed by atoms with E-state index in [0.717, 1.165) is 67.9 Å². The molecule has 2 aliphatic rings. The van der Waals surface area contributed by atoms with Crippen LogP contribution in [0.2, 0.25) is 0 Å². The number of allylic oxidation sites excluding steroid dienone is 1. The molecule has 3 atom stereocenters. The molecule has 2 aromatic carbocycles. The van der Waals surface area contributed by atoms with Crippen molar-refractivity contribution < 1.29 is 28.2 Å². The van der Waals surface area contributed by atoms with Gasteiger partial charge in [-0.15, -0.1) is 0 Å². The summed E-state index contributed by atoms with van der Waals surface area (Å²) in [5.41, 5.74) is 4.65. The Morgan fingerprint density at radius 3 is 2.20 bits per heavy atom. The molecule has 2 fully saturated rings. The molecule has 4 rings (SSSR count). The molecule has 224 valence electrons. The van der Waals surface area contributed by atoms with Crippen LogP contribution in [-0.4, -0.2) is 37.0 Å². The van der Waals surface area contributed by atoms with E-state index in [9.17, 15) is 18.7 Å². The minimum Gasteiger partial charge on any atom is -0.465 e. The van der Waals surface area contributed by atoms with Crippen LogP contribution in [0.15, 0.2) is 60.7 Å². The normalized spacial score (nSPS) is 23.7. The highest BCUT2D eigenvalue weighted by molar-refractivity contribution is 5.71. The summed E-state index contributed by atoms with van der Waals surface area (Å²) in [7, 11) is 0. The Morgan fingerprint density at radius 1 is 0.976 bits per heavy atom. The van der Waals surface area contributed by atoms with Crippen LogP contribution in [0.5, 0.6) is 0 Å². The Hall–Kier alpha value is -2.57. The van der Waals surface area contributed by atoms with Crippen molar-refractivity contribution in [3.05, 3.63) is 71.8 Å². The van der Waals surface area contributed by atoms with Gasteiger partial charge in [0.2, 0.25) is 0 Å². The van der Waals surface area contributed by atoms with Gasteiger partial charge in [-0.05, 0) is 104 Å². The predicted octanol–water partition coefficient (Wildman–Crippen LogP) is 8.33. The lowest BCUT2D eigenvalue weighted by Gasteiger charge is -2.39. The smallest absolute Gasteiger partial charge is 0.308 e. The van der Waals surface area contributed by atoms with E-state index in [2.05, 4.69) is 36.4 Å². The summed E-state index contributed by atoms with van der Waals surface area (Å²) in [5.74, 6) is 1.44. The van der Waals surface area contributed by atoms with E-state index in [1.165, 1.54) is 5.56 Å². The summed E-state index contributed by atoms with van der Waals surface area (Å²) < 4.78 is 36.5. The van der Waals surface area contributed by atoms with Crippen LogP contribution in [0.4, 0.5) is 8.78 Å². The number of benzene rings is 2. The molecule has 4 nitrogen and oxygen atoms in total. The number of hydrogen-bond acceptors (Lipinski definition) is 4. The molecule has 1 heterocycles. The number of carbonyl (C=O) groups is 1. The van der Waals surface area contributed by atoms with Gasteiger partial charge in [-0.25, -0.2) is 0 Å². The van der Waals surface area contributed by atoms with E-state index in [4.69, 9.17) is 9.47 Å². The second-order valence-electron chi connectivity index (χ2n) is 12.2. The van der Waals surface area contributed by atoms with Gasteiger partial charge in [0.1, 0.15) is 0 Å². The quantitative estimate of drug-likeness (QED) is 0.262. The molecule has 0 amide bonds. The van der Waals surface area contributed by atoms with Crippen molar-refractivity contribution in [1.29, 1.82) is 0 Å². The minimum atomic E-state index is -1.62. The van der Waals surface area contributed by atoms with E-state index in [-0.39, 0.29) is 24.4 Å². The number of aryl methyl sites for hydroxylation is 1. The first-order valence-electron chi connectivity index (χ1n) is 15.4. The lowest BCUT2D eigenvalue weighted by molar-refractivity contribution is -0.149. The molecule has 1 aliphatic carbocycles. The molecule has 0 bridgehead atoms. The summed E-state index contributed by atoms with van der Waals surface area (Å²) in [6.45, 7) is 5.01. The summed E-state index contributed by atoms with van der Waals surface area (Å²) in [6.07, 6.45) is 8.02. The molecule has 3 unspecified atom stereocenters. The third-order valence-electron chi connectivity index (χ3n) is 9.13. The lowest BCUT2D eigenvalue weighted by Crippen LogP contribution is -2.35. The molecule has 1 N–H and O–H groups in total. The van der Waals surface area contributed by atoms with E-state index < -0.39 is 6.08 Å². The second kappa shape index (κ2) is 15.6. The average molecular weight is 569 g/mol. The zero-order valence-electron chi connectivity index (χ0n) is 24.6. The zero-order chi connectivity index (χ0) is 29.2. The molecule has 0 radical (unpaired) electrons. The molecule has 1 aliphatic heterocycles. The van der Waals surface area contributed by atoms with Crippen LogP contribution >= 0.6 is 0 Å². The number of esters is 1. The fourth-order valence-corrected chi connectivity index (χ4v) is 6.53. The van der Waals surface area contributed by atoms with Crippen molar-refractivity contribution in [3.63, 3.8) is 0 Å². The molecular weight excluding hydrogens is 522 g/mol. The fourth-order valence-electron chi connectivity index (χ4n) is 6.53. The van der Waals surface area contributed by atoms with Gasteiger partial charge in [-0.2, -0.15) is 8.78 Å². The van der Waals surface area contributed by atoms with Gasteiger partial charge in [0.15, 0.2) is 0 Å². The van der Waals surface area contributed by atoms with Gasteiger partial charge >= 0.3 is 5.97 Å². The predicted molar refractivity (Wildman–Crippen MR) is 159 cm³/mol. The Bertz CT molecular complexity index is 1090. The van der Waals surface area contributed by atoms with Crippen molar-refractivity contribution in [2.24, 2.45) is 23.7 Å². The monoisotopic (exact) mass is 568 g/mol. The van der Waals surface area contributed by atoms with E-state index in [0.29, 0.717) is 49.7 Å². The molecule has 1 saturated heterocycles. The van der Waals surface area contributed by atoms with Crippen LogP contribution in [0.1, 0.15) is 82.3 Å². The SMILES string of the molecule is CC(C)C(=O)OCC(CCO)C1CCC(C2CCC(c3ccc(-c4ccc(CCC=C(F)F)cc4)cc3)CO2)CC1. The first-order valence-corrected chi connectivity index (χ1v) is 15.4. The van der Waals surface area contributed by atoms with Gasteiger partial charge in [0.05, 0.1) is 25.2 Å². The summed E-state index contributed by atoms with van der Waals surface area (Å²) in [4.78, 5) is 11.9. The number of rotatable bonds is 12. The zero-order valence-corrected chi connectivity index (χ0v) is 24.6. The van der Waals surface area contributed by atoms with Crippen LogP contribution < -0.4 is 0 Å². The van der Waals surface area contributed by atoms with Crippen molar-refractivity contribution in [1.82, 2.24) is 0 Å². The van der Waals surface area contributed by atoms with Crippen molar-refractivity contribution in [2.45, 2.75) is 83.7 Å². The van der Waals surface area contributed by atoms with Gasteiger partial charge in [-0.3, -0.25) is 4.79 Å². The summed E-state index contributed by atoms with van der Waals surface area (Å²) >= 11 is 0. The Labute approximate surface area is 244 Å². The Balaban J connectivity index is 1.22. The van der Waals surface area contributed by atoms with Crippen LogP contribution in [-0.2, 0) is 20.7 Å². The number of hydrogen-bond donors (Lipinski definition) is 1. The molecule has 1 saturated carbocycles. The number of ether oxygens (including phenoxy) is 2. The molecule has 41 heavy (non-hydrogen) atoms. The number of halogens is 2. The van der Waals surface area contributed by atoms with Gasteiger partial charge < -0.3 is 14.6 Å². The summed E-state index contributed by atoms with van der Waals surface area (Å²) in [5, 5.41) is 9.56. The van der Waals surface area contributed by atoms with Crippen molar-refractivity contribution in [2.75, 3.05) is 19.8 Å². The van der Waals surface area contributed by atoms with Crippen molar-refractivity contribution in [3.8, 4) is 11.1 Å². The molecule has 0 aromatic heterocycles. The summed E-state index contributed by atoms with van der Waals surface area (Å²) in [6, 6.07) is 16.9. The Morgan fingerprint density at radius 2 is 1.63 bits per heavy atom. The third-order valence-corrected chi connectivity index (χ3v) is 9.13. The van der Waals surface area contributed by atoms with E-state index >= 15 is 0 Å². The van der Waals surface area contributed by atoms with Crippen LogP contribution in [0.3, 0.4) is 0 Å². The van der Waals surface area contributed by atoms with Gasteiger partial charge in [-0.1, -0.05) is 62.4 Å². The van der Waals surface area contributed by atoms with Crippen LogP contribution in [0, 0.1) is 23.7 Å². The fraction of sp³-hybridized carbons (Fsp3) is 0.571. The lowest BCUT2D eigenvalue weighted by atomic mass is 9.72. The molecule has 2 aromatic rings. The van der Waals surface area contributed by atoms with Gasteiger partial charge in [0, 0.05) is 12.5 Å². The standard InChI is InChI=1S/C35H46F2O4/c1-24(2)35(39)41-23-32(20-21-38)29-14-16-30(17-15-29)33-19-18-31(22-40-33)28-12-10-27(11-13-28)26-8-6-25(7-9-26)4-3-5-34(36)37/h5-13,24,29-33,38H,3-4,14-23H2,1-2H3. The first kappa shape index (κ1) is 31.4. The maximum atomic E-state index is 12.2.